The van der Waals surface area contributed by atoms with Crippen LogP contribution in [-0.4, -0.2) is 28.5 Å². The molecule has 3 rings (SSSR count). The van der Waals surface area contributed by atoms with Gasteiger partial charge in [0, 0.05) is 6.20 Å². The summed E-state index contributed by atoms with van der Waals surface area (Å²) in [5, 5.41) is 2.43. The third-order valence-corrected chi connectivity index (χ3v) is 3.21. The van der Waals surface area contributed by atoms with Crippen LogP contribution in [-0.2, 0) is 4.79 Å². The van der Waals surface area contributed by atoms with Gasteiger partial charge in [-0.05, 0) is 30.7 Å². The van der Waals surface area contributed by atoms with Crippen molar-refractivity contribution in [3.8, 4) is 11.4 Å². The molecule has 1 aliphatic heterocycles. The number of carbonyl (C=O) groups excluding carboxylic acids is 1. The molecule has 0 aliphatic carbocycles. The van der Waals surface area contributed by atoms with Gasteiger partial charge in [-0.25, -0.2) is 9.98 Å². The SMILES string of the molecule is COc1cc(/C=C2\N=C(N)NC2=O)ccc1-n1cnc(C)c1. The highest BCUT2D eigenvalue weighted by Crippen LogP contribution is 2.26. The first-order valence-electron chi connectivity index (χ1n) is 6.63. The molecule has 22 heavy (non-hydrogen) atoms. The van der Waals surface area contributed by atoms with Crippen molar-refractivity contribution in [3.05, 3.63) is 47.7 Å². The van der Waals surface area contributed by atoms with Crippen molar-refractivity contribution in [2.45, 2.75) is 6.92 Å². The minimum Gasteiger partial charge on any atom is -0.495 e. The number of rotatable bonds is 3. The average Bonchev–Trinajstić information content (AvgIpc) is 3.05. The lowest BCUT2D eigenvalue weighted by Gasteiger charge is -2.10. The molecule has 112 valence electrons. The molecule has 0 spiro atoms. The first-order chi connectivity index (χ1) is 10.6. The minimum absolute atomic E-state index is 0.105. The van der Waals surface area contributed by atoms with Crippen LogP contribution in [0.3, 0.4) is 0 Å². The van der Waals surface area contributed by atoms with Crippen molar-refractivity contribution in [1.82, 2.24) is 14.9 Å². The van der Waals surface area contributed by atoms with Crippen LogP contribution in [0.1, 0.15) is 11.3 Å². The summed E-state index contributed by atoms with van der Waals surface area (Å²) in [5.41, 5.74) is 8.31. The number of aliphatic imine (C=N–C) groups is 1. The number of carbonyl (C=O) groups is 1. The van der Waals surface area contributed by atoms with Gasteiger partial charge in [0.05, 0.1) is 24.8 Å². The Balaban J connectivity index is 1.99. The number of guanidine groups is 1. The standard InChI is InChI=1S/C15H15N5O2/c1-9-7-20(8-17-9)12-4-3-10(6-13(12)22-2)5-11-14(21)19-15(16)18-11/h3-8H,1-2H3,(H3,16,18,19,21)/b11-5-. The summed E-state index contributed by atoms with van der Waals surface area (Å²) in [4.78, 5) is 19.8. The van der Waals surface area contributed by atoms with Crippen LogP contribution in [0.25, 0.3) is 11.8 Å². The molecule has 0 atom stereocenters. The molecule has 0 radical (unpaired) electrons. The fourth-order valence-electron chi connectivity index (χ4n) is 2.19. The number of nitrogens with two attached hydrogens (primary N) is 1. The monoisotopic (exact) mass is 297 g/mol. The minimum atomic E-state index is -0.314. The number of benzene rings is 1. The molecule has 0 fully saturated rings. The fourth-order valence-corrected chi connectivity index (χ4v) is 2.19. The van der Waals surface area contributed by atoms with Gasteiger partial charge >= 0.3 is 0 Å². The Hall–Kier alpha value is -3.09. The Kier molecular flexibility index (Phi) is 3.38. The number of amides is 1. The summed E-state index contributed by atoms with van der Waals surface area (Å²) in [5.74, 6) is 0.460. The van der Waals surface area contributed by atoms with Gasteiger partial charge in [0.1, 0.15) is 11.4 Å². The number of methoxy groups -OCH3 is 1. The molecule has 0 saturated carbocycles. The molecule has 7 heteroatoms. The van der Waals surface area contributed by atoms with E-state index in [4.69, 9.17) is 10.5 Å². The van der Waals surface area contributed by atoms with E-state index in [1.54, 1.807) is 19.5 Å². The second-order valence-electron chi connectivity index (χ2n) is 4.83. The number of aromatic nitrogens is 2. The highest BCUT2D eigenvalue weighted by Gasteiger charge is 2.17. The Morgan fingerprint density at radius 2 is 2.23 bits per heavy atom. The average molecular weight is 297 g/mol. The molecule has 0 unspecified atom stereocenters. The van der Waals surface area contributed by atoms with Crippen LogP contribution >= 0.6 is 0 Å². The summed E-state index contributed by atoms with van der Waals surface area (Å²) in [6, 6.07) is 5.60. The largest absolute Gasteiger partial charge is 0.495 e. The van der Waals surface area contributed by atoms with Gasteiger partial charge in [0.25, 0.3) is 5.91 Å². The molecule has 2 heterocycles. The van der Waals surface area contributed by atoms with Crippen LogP contribution in [0.15, 0.2) is 41.4 Å². The lowest BCUT2D eigenvalue weighted by molar-refractivity contribution is -0.115. The maximum Gasteiger partial charge on any atom is 0.276 e. The topological polar surface area (TPSA) is 94.5 Å². The first kappa shape index (κ1) is 13.9. The number of nitrogens with zero attached hydrogens (tertiary/aromatic N) is 3. The van der Waals surface area contributed by atoms with Crippen LogP contribution in [0.5, 0.6) is 5.75 Å². The molecule has 3 N–H and O–H groups in total. The molecule has 1 aliphatic rings. The van der Waals surface area contributed by atoms with Crippen LogP contribution in [0, 0.1) is 6.92 Å². The predicted molar refractivity (Wildman–Crippen MR) is 82.6 cm³/mol. The normalized spacial score (nSPS) is 15.8. The third-order valence-electron chi connectivity index (χ3n) is 3.21. The quantitative estimate of drug-likeness (QED) is 0.825. The highest BCUT2D eigenvalue weighted by molar-refractivity contribution is 6.13. The van der Waals surface area contributed by atoms with E-state index >= 15 is 0 Å². The van der Waals surface area contributed by atoms with Crippen LogP contribution in [0.4, 0.5) is 0 Å². The summed E-state index contributed by atoms with van der Waals surface area (Å²) >= 11 is 0. The van der Waals surface area contributed by atoms with E-state index < -0.39 is 0 Å². The van der Waals surface area contributed by atoms with E-state index in [-0.39, 0.29) is 17.6 Å². The summed E-state index contributed by atoms with van der Waals surface area (Å²) < 4.78 is 7.30. The van der Waals surface area contributed by atoms with Crippen molar-refractivity contribution in [3.63, 3.8) is 0 Å². The zero-order valence-corrected chi connectivity index (χ0v) is 12.2. The lowest BCUT2D eigenvalue weighted by Crippen LogP contribution is -2.30. The molecule has 1 aromatic heterocycles. The maximum atomic E-state index is 11.6. The van der Waals surface area contributed by atoms with Crippen molar-refractivity contribution in [1.29, 1.82) is 0 Å². The van der Waals surface area contributed by atoms with Gasteiger partial charge in [-0.3, -0.25) is 10.1 Å². The molecule has 0 saturated heterocycles. The zero-order valence-electron chi connectivity index (χ0n) is 12.2. The molecule has 1 amide bonds. The number of aryl methyl sites for hydroxylation is 1. The second kappa shape index (κ2) is 5.36. The van der Waals surface area contributed by atoms with Crippen LogP contribution in [0.2, 0.25) is 0 Å². The van der Waals surface area contributed by atoms with E-state index in [0.29, 0.717) is 5.75 Å². The Morgan fingerprint density at radius 1 is 1.41 bits per heavy atom. The molecule has 1 aromatic carbocycles. The van der Waals surface area contributed by atoms with Crippen LogP contribution < -0.4 is 15.8 Å². The van der Waals surface area contributed by atoms with Gasteiger partial charge in [-0.1, -0.05) is 6.07 Å². The van der Waals surface area contributed by atoms with E-state index in [2.05, 4.69) is 15.3 Å². The van der Waals surface area contributed by atoms with Crippen molar-refractivity contribution < 1.29 is 9.53 Å². The highest BCUT2D eigenvalue weighted by atomic mass is 16.5. The zero-order chi connectivity index (χ0) is 15.7. The number of ether oxygens (including phenoxy) is 1. The van der Waals surface area contributed by atoms with E-state index in [1.165, 1.54) is 0 Å². The number of nitrogens with one attached hydrogen (secondary N) is 1. The summed E-state index contributed by atoms with van der Waals surface area (Å²) in [6.45, 7) is 1.92. The second-order valence-corrected chi connectivity index (χ2v) is 4.83. The molecule has 7 nitrogen and oxygen atoms in total. The Labute approximate surface area is 127 Å². The van der Waals surface area contributed by atoms with Gasteiger partial charge in [0.2, 0.25) is 5.96 Å². The number of hydrogen-bond donors (Lipinski definition) is 2. The van der Waals surface area contributed by atoms with Crippen molar-refractivity contribution in [2.24, 2.45) is 10.7 Å². The van der Waals surface area contributed by atoms with E-state index in [9.17, 15) is 4.79 Å². The third kappa shape index (κ3) is 2.56. The van der Waals surface area contributed by atoms with E-state index in [0.717, 1.165) is 16.9 Å². The maximum absolute atomic E-state index is 11.6. The predicted octanol–water partition coefficient (Wildman–Crippen LogP) is 0.975. The van der Waals surface area contributed by atoms with E-state index in [1.807, 2.05) is 35.9 Å². The smallest absolute Gasteiger partial charge is 0.276 e. The number of hydrogen-bond acceptors (Lipinski definition) is 5. The molecule has 0 bridgehead atoms. The first-order valence-corrected chi connectivity index (χ1v) is 6.63. The summed E-state index contributed by atoms with van der Waals surface area (Å²) in [7, 11) is 1.60. The van der Waals surface area contributed by atoms with Gasteiger partial charge in [-0.2, -0.15) is 0 Å². The lowest BCUT2D eigenvalue weighted by atomic mass is 10.1. The molecular formula is C15H15N5O2. The van der Waals surface area contributed by atoms with Gasteiger partial charge < -0.3 is 15.0 Å². The fraction of sp³-hybridized carbons (Fsp3) is 0.133. The van der Waals surface area contributed by atoms with Crippen molar-refractivity contribution >= 4 is 17.9 Å². The van der Waals surface area contributed by atoms with Gasteiger partial charge in [-0.15, -0.1) is 0 Å². The number of imidazole rings is 1. The van der Waals surface area contributed by atoms with Crippen molar-refractivity contribution in [2.75, 3.05) is 7.11 Å². The van der Waals surface area contributed by atoms with Gasteiger partial charge in [0.15, 0.2) is 0 Å². The summed E-state index contributed by atoms with van der Waals surface area (Å²) in [6.07, 6.45) is 5.28. The Bertz CT molecular complexity index is 804. The molecule has 2 aromatic rings. The molecular weight excluding hydrogens is 282 g/mol. The Morgan fingerprint density at radius 3 is 2.82 bits per heavy atom.